The van der Waals surface area contributed by atoms with Crippen LogP contribution in [0.1, 0.15) is 41.5 Å². The standard InChI is InChI=1S/C21H23NO4/c1-15-9-10-16(2)19(11-15)17(3)12-21(20(24)25,22-14-23)26-13-18-7-5-4-6-8-18/h4-11,17H,12-13H2,1-3H3,(H,24,25). The number of aliphatic imine (C=N–C) groups is 1. The first-order valence-electron chi connectivity index (χ1n) is 8.45. The van der Waals surface area contributed by atoms with E-state index in [2.05, 4.69) is 4.99 Å². The number of isocyanates is 1. The molecule has 1 N–H and O–H groups in total. The van der Waals surface area contributed by atoms with Gasteiger partial charge in [0.05, 0.1) is 6.61 Å². The quantitative estimate of drug-likeness (QED) is 0.572. The molecular formula is C21H23NO4. The summed E-state index contributed by atoms with van der Waals surface area (Å²) in [6, 6.07) is 15.2. The number of carboxylic acid groups (broad SMARTS) is 1. The van der Waals surface area contributed by atoms with E-state index < -0.39 is 11.7 Å². The van der Waals surface area contributed by atoms with Gasteiger partial charge in [-0.2, -0.15) is 4.99 Å². The molecule has 2 unspecified atom stereocenters. The molecule has 0 fully saturated rings. The van der Waals surface area contributed by atoms with Gasteiger partial charge in [0.25, 0.3) is 5.72 Å². The van der Waals surface area contributed by atoms with Crippen molar-refractivity contribution in [2.24, 2.45) is 4.99 Å². The molecule has 0 radical (unpaired) electrons. The van der Waals surface area contributed by atoms with Gasteiger partial charge in [-0.15, -0.1) is 0 Å². The highest BCUT2D eigenvalue weighted by Gasteiger charge is 2.42. The Hall–Kier alpha value is -2.75. The number of hydrogen-bond donors (Lipinski definition) is 1. The molecule has 0 amide bonds. The molecular weight excluding hydrogens is 330 g/mol. The van der Waals surface area contributed by atoms with E-state index in [1.165, 1.54) is 6.08 Å². The smallest absolute Gasteiger partial charge is 0.360 e. The topological polar surface area (TPSA) is 76.0 Å². The summed E-state index contributed by atoms with van der Waals surface area (Å²) in [6.45, 7) is 5.90. The summed E-state index contributed by atoms with van der Waals surface area (Å²) in [5.41, 5.74) is 1.99. The van der Waals surface area contributed by atoms with Crippen LogP contribution in [-0.2, 0) is 20.9 Å². The first-order valence-corrected chi connectivity index (χ1v) is 8.45. The monoisotopic (exact) mass is 353 g/mol. The normalized spacial score (nSPS) is 14.1. The lowest BCUT2D eigenvalue weighted by Crippen LogP contribution is -2.41. The van der Waals surface area contributed by atoms with E-state index in [9.17, 15) is 14.7 Å². The summed E-state index contributed by atoms with van der Waals surface area (Å²) in [4.78, 5) is 26.5. The SMILES string of the molecule is Cc1ccc(C)c(C(C)CC(N=C=O)(OCc2ccccc2)C(=O)O)c1. The summed E-state index contributed by atoms with van der Waals surface area (Å²) in [7, 11) is 0. The zero-order valence-electron chi connectivity index (χ0n) is 15.2. The number of benzene rings is 2. The van der Waals surface area contributed by atoms with Gasteiger partial charge in [-0.25, -0.2) is 9.59 Å². The van der Waals surface area contributed by atoms with Gasteiger partial charge in [-0.3, -0.25) is 0 Å². The number of aryl methyl sites for hydroxylation is 2. The molecule has 0 bridgehead atoms. The number of rotatable bonds is 8. The number of ether oxygens (including phenoxy) is 1. The number of aliphatic carboxylic acids is 1. The van der Waals surface area contributed by atoms with Gasteiger partial charge in [-0.1, -0.05) is 61.0 Å². The Bertz CT molecular complexity index is 808. The number of carbonyl (C=O) groups is 1. The Balaban J connectivity index is 2.30. The van der Waals surface area contributed by atoms with Gasteiger partial charge in [0, 0.05) is 6.42 Å². The maximum absolute atomic E-state index is 12.0. The molecule has 26 heavy (non-hydrogen) atoms. The van der Waals surface area contributed by atoms with Gasteiger partial charge in [0.1, 0.15) is 0 Å². The minimum absolute atomic E-state index is 0.0364. The van der Waals surface area contributed by atoms with Crippen molar-refractivity contribution in [2.75, 3.05) is 0 Å². The first-order chi connectivity index (χ1) is 12.4. The molecule has 0 aliphatic carbocycles. The second-order valence-electron chi connectivity index (χ2n) is 6.53. The Morgan fingerprint density at radius 2 is 1.92 bits per heavy atom. The van der Waals surface area contributed by atoms with E-state index in [-0.39, 0.29) is 18.9 Å². The van der Waals surface area contributed by atoms with Gasteiger partial charge in [0.15, 0.2) is 0 Å². The maximum atomic E-state index is 12.0. The van der Waals surface area contributed by atoms with E-state index in [1.807, 2.05) is 69.3 Å². The van der Waals surface area contributed by atoms with Crippen molar-refractivity contribution in [3.05, 3.63) is 70.8 Å². The van der Waals surface area contributed by atoms with Crippen LogP contribution >= 0.6 is 0 Å². The summed E-state index contributed by atoms with van der Waals surface area (Å²) in [5.74, 6) is -1.46. The van der Waals surface area contributed by atoms with E-state index >= 15 is 0 Å². The maximum Gasteiger partial charge on any atom is 0.360 e. The van der Waals surface area contributed by atoms with Crippen LogP contribution < -0.4 is 0 Å². The fraction of sp³-hybridized carbons (Fsp3) is 0.333. The fourth-order valence-corrected chi connectivity index (χ4v) is 3.00. The third-order valence-corrected chi connectivity index (χ3v) is 4.43. The van der Waals surface area contributed by atoms with Crippen LogP contribution in [0.4, 0.5) is 0 Å². The van der Waals surface area contributed by atoms with Crippen molar-refractivity contribution in [1.29, 1.82) is 0 Å². The van der Waals surface area contributed by atoms with Crippen LogP contribution in [-0.4, -0.2) is 22.9 Å². The van der Waals surface area contributed by atoms with E-state index in [0.29, 0.717) is 0 Å². The third-order valence-electron chi connectivity index (χ3n) is 4.43. The van der Waals surface area contributed by atoms with Crippen molar-refractivity contribution in [1.82, 2.24) is 0 Å². The second-order valence-corrected chi connectivity index (χ2v) is 6.53. The van der Waals surface area contributed by atoms with Gasteiger partial charge in [-0.05, 0) is 36.5 Å². The number of nitrogens with zero attached hydrogens (tertiary/aromatic N) is 1. The predicted molar refractivity (Wildman–Crippen MR) is 98.7 cm³/mol. The molecule has 5 nitrogen and oxygen atoms in total. The van der Waals surface area contributed by atoms with Crippen LogP contribution in [0.5, 0.6) is 0 Å². The van der Waals surface area contributed by atoms with Gasteiger partial charge in [0.2, 0.25) is 6.08 Å². The number of carbonyl (C=O) groups excluding carboxylic acids is 1. The lowest BCUT2D eigenvalue weighted by atomic mass is 9.88. The zero-order valence-corrected chi connectivity index (χ0v) is 15.2. The second kappa shape index (κ2) is 8.56. The summed E-state index contributed by atoms with van der Waals surface area (Å²) < 4.78 is 5.65. The summed E-state index contributed by atoms with van der Waals surface area (Å²) in [5, 5.41) is 9.75. The van der Waals surface area contributed by atoms with Gasteiger partial charge >= 0.3 is 5.97 Å². The number of carboxylic acids is 1. The minimum Gasteiger partial charge on any atom is -0.478 e. The van der Waals surface area contributed by atoms with E-state index in [1.54, 1.807) is 0 Å². The molecule has 2 aromatic rings. The molecule has 0 saturated heterocycles. The molecule has 5 heteroatoms. The Morgan fingerprint density at radius 3 is 2.54 bits per heavy atom. The van der Waals surface area contributed by atoms with Crippen molar-refractivity contribution in [3.8, 4) is 0 Å². The largest absolute Gasteiger partial charge is 0.478 e. The molecule has 0 heterocycles. The third kappa shape index (κ3) is 4.66. The fourth-order valence-electron chi connectivity index (χ4n) is 3.00. The first kappa shape index (κ1) is 19.6. The Labute approximate surface area is 153 Å². The van der Waals surface area contributed by atoms with Crippen LogP contribution in [0.25, 0.3) is 0 Å². The summed E-state index contributed by atoms with van der Waals surface area (Å²) >= 11 is 0. The van der Waals surface area contributed by atoms with Gasteiger partial charge < -0.3 is 9.84 Å². The molecule has 0 aromatic heterocycles. The highest BCUT2D eigenvalue weighted by Crippen LogP contribution is 2.32. The Morgan fingerprint density at radius 1 is 1.23 bits per heavy atom. The van der Waals surface area contributed by atoms with Crippen LogP contribution in [0.2, 0.25) is 0 Å². The average Bonchev–Trinajstić information content (AvgIpc) is 2.62. The predicted octanol–water partition coefficient (Wildman–Crippen LogP) is 4.13. The lowest BCUT2D eigenvalue weighted by molar-refractivity contribution is -0.168. The highest BCUT2D eigenvalue weighted by molar-refractivity contribution is 5.78. The molecule has 0 saturated carbocycles. The molecule has 2 rings (SSSR count). The molecule has 2 aromatic carbocycles. The van der Waals surface area contributed by atoms with E-state index in [0.717, 1.165) is 22.3 Å². The van der Waals surface area contributed by atoms with Crippen LogP contribution in [0.3, 0.4) is 0 Å². The molecule has 136 valence electrons. The average molecular weight is 353 g/mol. The zero-order chi connectivity index (χ0) is 19.2. The van der Waals surface area contributed by atoms with E-state index in [4.69, 9.17) is 4.74 Å². The molecule has 0 spiro atoms. The molecule has 0 aliphatic rings. The van der Waals surface area contributed by atoms with Crippen LogP contribution in [0, 0.1) is 13.8 Å². The van der Waals surface area contributed by atoms with Crippen molar-refractivity contribution >= 4 is 12.0 Å². The lowest BCUT2D eigenvalue weighted by Gasteiger charge is -2.28. The summed E-state index contributed by atoms with van der Waals surface area (Å²) in [6.07, 6.45) is 1.41. The van der Waals surface area contributed by atoms with Crippen molar-refractivity contribution in [2.45, 2.75) is 45.4 Å². The highest BCUT2D eigenvalue weighted by atomic mass is 16.5. The van der Waals surface area contributed by atoms with Crippen molar-refractivity contribution in [3.63, 3.8) is 0 Å². The molecule has 2 atom stereocenters. The minimum atomic E-state index is -1.97. The molecule has 0 aliphatic heterocycles. The van der Waals surface area contributed by atoms with Crippen LogP contribution in [0.15, 0.2) is 53.5 Å². The van der Waals surface area contributed by atoms with Crippen molar-refractivity contribution < 1.29 is 19.4 Å². The number of hydrogen-bond acceptors (Lipinski definition) is 4. The Kier molecular flexibility index (Phi) is 6.45.